The van der Waals surface area contributed by atoms with Gasteiger partial charge in [0, 0.05) is 9.50 Å². The minimum Gasteiger partial charge on any atom is -0.330 e. The molecule has 2 rings (SSSR count). The molecule has 0 unspecified atom stereocenters. The van der Waals surface area contributed by atoms with Crippen molar-refractivity contribution in [3.8, 4) is 0 Å². The van der Waals surface area contributed by atoms with Crippen LogP contribution in [0.4, 0.5) is 0 Å². The topological polar surface area (TPSA) is 26.0 Å². The van der Waals surface area contributed by atoms with E-state index in [4.69, 9.17) is 17.3 Å². The number of hydrogen-bond donors (Lipinski definition) is 1. The van der Waals surface area contributed by atoms with Crippen molar-refractivity contribution in [1.29, 1.82) is 0 Å². The van der Waals surface area contributed by atoms with Gasteiger partial charge in [0.2, 0.25) is 0 Å². The van der Waals surface area contributed by atoms with Crippen molar-refractivity contribution >= 4 is 27.5 Å². The lowest BCUT2D eigenvalue weighted by Crippen LogP contribution is -2.36. The van der Waals surface area contributed by atoms with E-state index in [1.807, 2.05) is 6.07 Å². The third-order valence-electron chi connectivity index (χ3n) is 3.44. The lowest BCUT2D eigenvalue weighted by molar-refractivity contribution is 0.229. The molecule has 1 saturated carbocycles. The zero-order valence-electron chi connectivity index (χ0n) is 8.60. The highest BCUT2D eigenvalue weighted by molar-refractivity contribution is 9.10. The van der Waals surface area contributed by atoms with Gasteiger partial charge in [0.15, 0.2) is 0 Å². The third kappa shape index (κ3) is 2.08. The normalized spacial score (nSPS) is 18.6. The maximum Gasteiger partial charge on any atom is 0.0454 e. The van der Waals surface area contributed by atoms with Gasteiger partial charge in [-0.3, -0.25) is 0 Å². The molecule has 82 valence electrons. The zero-order chi connectivity index (χ0) is 10.9. The molecule has 1 aliphatic carbocycles. The monoisotopic (exact) mass is 287 g/mol. The van der Waals surface area contributed by atoms with Crippen LogP contribution in [0.3, 0.4) is 0 Å². The second-order valence-electron chi connectivity index (χ2n) is 4.30. The molecule has 0 aromatic heterocycles. The number of nitrogens with two attached hydrogens (primary N) is 1. The maximum atomic E-state index is 6.29. The summed E-state index contributed by atoms with van der Waals surface area (Å²) in [6, 6.07) is 6.19. The standard InChI is InChI=1S/C12H15BrClN/c13-9-2-3-10(11(14)8-9)12(6-7-15)4-1-5-12/h2-3,8H,1,4-7,15H2. The summed E-state index contributed by atoms with van der Waals surface area (Å²) in [4.78, 5) is 0. The SMILES string of the molecule is NCCC1(c2ccc(Br)cc2Cl)CCC1. The number of rotatable bonds is 3. The Morgan fingerprint density at radius 2 is 2.13 bits per heavy atom. The Balaban J connectivity index is 2.34. The molecule has 15 heavy (non-hydrogen) atoms. The summed E-state index contributed by atoms with van der Waals surface area (Å²) in [7, 11) is 0. The Morgan fingerprint density at radius 3 is 2.60 bits per heavy atom. The van der Waals surface area contributed by atoms with Gasteiger partial charge in [0.1, 0.15) is 0 Å². The smallest absolute Gasteiger partial charge is 0.0454 e. The Kier molecular flexibility index (Phi) is 3.39. The van der Waals surface area contributed by atoms with E-state index in [1.165, 1.54) is 24.8 Å². The summed E-state index contributed by atoms with van der Waals surface area (Å²) in [6.07, 6.45) is 4.80. The van der Waals surface area contributed by atoms with E-state index in [1.54, 1.807) is 0 Å². The predicted molar refractivity (Wildman–Crippen MR) is 68.4 cm³/mol. The van der Waals surface area contributed by atoms with Crippen LogP contribution >= 0.6 is 27.5 Å². The molecule has 3 heteroatoms. The van der Waals surface area contributed by atoms with Gasteiger partial charge in [0.25, 0.3) is 0 Å². The van der Waals surface area contributed by atoms with E-state index in [9.17, 15) is 0 Å². The van der Waals surface area contributed by atoms with E-state index < -0.39 is 0 Å². The first-order valence-corrected chi connectivity index (χ1v) is 6.51. The van der Waals surface area contributed by atoms with Crippen molar-refractivity contribution in [2.75, 3.05) is 6.54 Å². The molecule has 1 nitrogen and oxygen atoms in total. The molecule has 1 aliphatic rings. The fourth-order valence-corrected chi connectivity index (χ4v) is 3.33. The van der Waals surface area contributed by atoms with Gasteiger partial charge < -0.3 is 5.73 Å². The van der Waals surface area contributed by atoms with E-state index >= 15 is 0 Å². The number of benzene rings is 1. The van der Waals surface area contributed by atoms with Crippen molar-refractivity contribution in [3.05, 3.63) is 33.3 Å². The van der Waals surface area contributed by atoms with Crippen molar-refractivity contribution in [2.24, 2.45) is 5.73 Å². The summed E-state index contributed by atoms with van der Waals surface area (Å²) in [5.41, 5.74) is 7.24. The summed E-state index contributed by atoms with van der Waals surface area (Å²) < 4.78 is 1.04. The van der Waals surface area contributed by atoms with Crippen molar-refractivity contribution in [3.63, 3.8) is 0 Å². The highest BCUT2D eigenvalue weighted by atomic mass is 79.9. The second-order valence-corrected chi connectivity index (χ2v) is 5.62. The van der Waals surface area contributed by atoms with E-state index in [0.29, 0.717) is 0 Å². The van der Waals surface area contributed by atoms with Gasteiger partial charge in [0.05, 0.1) is 0 Å². The van der Waals surface area contributed by atoms with Crippen LogP contribution < -0.4 is 5.73 Å². The minimum absolute atomic E-state index is 0.270. The Labute approximate surface area is 104 Å². The molecule has 0 radical (unpaired) electrons. The third-order valence-corrected chi connectivity index (χ3v) is 4.24. The van der Waals surface area contributed by atoms with Gasteiger partial charge in [-0.15, -0.1) is 0 Å². The molecular weight excluding hydrogens is 273 g/mol. The van der Waals surface area contributed by atoms with Gasteiger partial charge in [-0.1, -0.05) is 40.0 Å². The fraction of sp³-hybridized carbons (Fsp3) is 0.500. The van der Waals surface area contributed by atoms with Crippen LogP contribution in [-0.2, 0) is 5.41 Å². The molecule has 0 amide bonds. The highest BCUT2D eigenvalue weighted by Crippen LogP contribution is 2.48. The summed E-state index contributed by atoms with van der Waals surface area (Å²) >= 11 is 9.72. The van der Waals surface area contributed by atoms with E-state index in [0.717, 1.165) is 22.5 Å². The number of halogens is 2. The largest absolute Gasteiger partial charge is 0.330 e. The Morgan fingerprint density at radius 1 is 1.40 bits per heavy atom. The Bertz CT molecular complexity index is 361. The molecule has 1 aromatic rings. The minimum atomic E-state index is 0.270. The summed E-state index contributed by atoms with van der Waals surface area (Å²) in [5.74, 6) is 0. The first kappa shape index (κ1) is 11.4. The van der Waals surface area contributed by atoms with Crippen LogP contribution in [0, 0.1) is 0 Å². The molecule has 0 aliphatic heterocycles. The molecule has 0 heterocycles. The van der Waals surface area contributed by atoms with Crippen molar-refractivity contribution in [2.45, 2.75) is 31.1 Å². The van der Waals surface area contributed by atoms with Gasteiger partial charge in [-0.2, -0.15) is 0 Å². The van der Waals surface area contributed by atoms with Gasteiger partial charge >= 0.3 is 0 Å². The number of hydrogen-bond acceptors (Lipinski definition) is 1. The lowest BCUT2D eigenvalue weighted by Gasteiger charge is -2.43. The molecule has 1 fully saturated rings. The fourth-order valence-electron chi connectivity index (χ4n) is 2.45. The molecule has 0 bridgehead atoms. The Hall–Kier alpha value is -0.0500. The molecule has 0 spiro atoms. The molecule has 2 N–H and O–H groups in total. The average Bonchev–Trinajstić information content (AvgIpc) is 2.12. The second kappa shape index (κ2) is 4.44. The summed E-state index contributed by atoms with van der Waals surface area (Å²) in [5, 5.41) is 0.873. The molecule has 1 aromatic carbocycles. The maximum absolute atomic E-state index is 6.29. The molecule has 0 saturated heterocycles. The lowest BCUT2D eigenvalue weighted by atomic mass is 9.62. The predicted octanol–water partition coefficient (Wildman–Crippen LogP) is 3.87. The van der Waals surface area contributed by atoms with Crippen LogP contribution in [0.2, 0.25) is 5.02 Å². The zero-order valence-corrected chi connectivity index (χ0v) is 10.9. The quantitative estimate of drug-likeness (QED) is 0.897. The van der Waals surface area contributed by atoms with E-state index in [2.05, 4.69) is 28.1 Å². The van der Waals surface area contributed by atoms with Crippen LogP contribution in [0.5, 0.6) is 0 Å². The molecule has 0 atom stereocenters. The van der Waals surface area contributed by atoms with Crippen LogP contribution in [0.15, 0.2) is 22.7 Å². The van der Waals surface area contributed by atoms with Crippen molar-refractivity contribution < 1.29 is 0 Å². The van der Waals surface area contributed by atoms with Gasteiger partial charge in [-0.25, -0.2) is 0 Å². The first-order chi connectivity index (χ1) is 7.18. The average molecular weight is 289 g/mol. The van der Waals surface area contributed by atoms with Crippen LogP contribution in [0.1, 0.15) is 31.2 Å². The van der Waals surface area contributed by atoms with E-state index in [-0.39, 0.29) is 5.41 Å². The van der Waals surface area contributed by atoms with Crippen LogP contribution in [0.25, 0.3) is 0 Å². The van der Waals surface area contributed by atoms with Crippen molar-refractivity contribution in [1.82, 2.24) is 0 Å². The van der Waals surface area contributed by atoms with Gasteiger partial charge in [-0.05, 0) is 48.9 Å². The molecular formula is C12H15BrClN. The highest BCUT2D eigenvalue weighted by Gasteiger charge is 2.39. The van der Waals surface area contributed by atoms with Crippen LogP contribution in [-0.4, -0.2) is 6.54 Å². The summed E-state index contributed by atoms with van der Waals surface area (Å²) in [6.45, 7) is 0.742. The first-order valence-electron chi connectivity index (χ1n) is 5.33.